The zero-order valence-electron chi connectivity index (χ0n) is 14.9. The molecule has 1 aromatic heterocycles. The van der Waals surface area contributed by atoms with E-state index in [0.717, 1.165) is 11.3 Å². The molecule has 0 bridgehead atoms. The highest BCUT2D eigenvalue weighted by Gasteiger charge is 2.22. The third-order valence-electron chi connectivity index (χ3n) is 3.51. The van der Waals surface area contributed by atoms with Crippen molar-refractivity contribution in [2.75, 3.05) is 5.75 Å². The first kappa shape index (κ1) is 19.1. The lowest BCUT2D eigenvalue weighted by Crippen LogP contribution is -2.44. The summed E-state index contributed by atoms with van der Waals surface area (Å²) in [4.78, 5) is 23.3. The number of thioether (sulfide) groups is 1. The topological polar surface area (TPSA) is 89.8 Å². The molecule has 0 saturated carbocycles. The Balaban J connectivity index is 1.91. The Labute approximate surface area is 151 Å². The molecule has 2 aromatic rings. The molecule has 0 aliphatic carbocycles. The maximum absolute atomic E-state index is 12.1. The average Bonchev–Trinajstić information content (AvgIpc) is 2.94. The van der Waals surface area contributed by atoms with Gasteiger partial charge in [0.2, 0.25) is 11.1 Å². The van der Waals surface area contributed by atoms with E-state index in [-0.39, 0.29) is 11.7 Å². The summed E-state index contributed by atoms with van der Waals surface area (Å²) in [7, 11) is 0. The molecule has 25 heavy (non-hydrogen) atoms. The standard InChI is InChI=1S/C17H23N5O2S/c1-12-7-5-6-8-14(12)22-16(19-20-21-22)25-10-9-15(24)18-17(3,4)11-13(2)23/h5-8H,9-11H2,1-4H3,(H,18,24). The van der Waals surface area contributed by atoms with Gasteiger partial charge in [-0.25, -0.2) is 0 Å². The summed E-state index contributed by atoms with van der Waals surface area (Å²) in [6.45, 7) is 7.21. The lowest BCUT2D eigenvalue weighted by atomic mass is 9.98. The number of aromatic nitrogens is 4. The van der Waals surface area contributed by atoms with Gasteiger partial charge in [0.25, 0.3) is 0 Å². The minimum atomic E-state index is -0.531. The molecule has 1 aromatic carbocycles. The number of para-hydroxylation sites is 1. The van der Waals surface area contributed by atoms with E-state index in [1.807, 2.05) is 45.0 Å². The third-order valence-corrected chi connectivity index (χ3v) is 4.43. The van der Waals surface area contributed by atoms with Crippen molar-refractivity contribution >= 4 is 23.5 Å². The molecule has 0 unspecified atom stereocenters. The molecular formula is C17H23N5O2S. The molecule has 0 aliphatic heterocycles. The van der Waals surface area contributed by atoms with Crippen LogP contribution < -0.4 is 5.32 Å². The number of aryl methyl sites for hydroxylation is 1. The van der Waals surface area contributed by atoms with Crippen LogP contribution in [0.15, 0.2) is 29.4 Å². The summed E-state index contributed by atoms with van der Waals surface area (Å²) in [6.07, 6.45) is 0.643. The summed E-state index contributed by atoms with van der Waals surface area (Å²) in [5.41, 5.74) is 1.46. The summed E-state index contributed by atoms with van der Waals surface area (Å²) in [5, 5.41) is 15.3. The van der Waals surface area contributed by atoms with E-state index in [1.165, 1.54) is 18.7 Å². The van der Waals surface area contributed by atoms with E-state index in [9.17, 15) is 9.59 Å². The van der Waals surface area contributed by atoms with Crippen LogP contribution >= 0.6 is 11.8 Å². The number of hydrogen-bond donors (Lipinski definition) is 1. The Morgan fingerprint density at radius 1 is 1.28 bits per heavy atom. The van der Waals surface area contributed by atoms with E-state index in [1.54, 1.807) is 4.68 Å². The Bertz CT molecular complexity index is 757. The van der Waals surface area contributed by atoms with Crippen molar-refractivity contribution in [3.05, 3.63) is 29.8 Å². The molecule has 0 fully saturated rings. The van der Waals surface area contributed by atoms with Gasteiger partial charge in [-0.1, -0.05) is 30.0 Å². The van der Waals surface area contributed by atoms with Crippen molar-refractivity contribution in [3.8, 4) is 5.69 Å². The largest absolute Gasteiger partial charge is 0.351 e. The number of tetrazole rings is 1. The van der Waals surface area contributed by atoms with E-state index in [0.29, 0.717) is 23.8 Å². The number of ketones is 1. The Morgan fingerprint density at radius 3 is 2.68 bits per heavy atom. The normalized spacial score (nSPS) is 11.4. The zero-order chi connectivity index (χ0) is 18.4. The average molecular weight is 361 g/mol. The van der Waals surface area contributed by atoms with Gasteiger partial charge in [0.1, 0.15) is 5.78 Å². The first-order valence-corrected chi connectivity index (χ1v) is 9.05. The highest BCUT2D eigenvalue weighted by molar-refractivity contribution is 7.99. The molecule has 1 N–H and O–H groups in total. The van der Waals surface area contributed by atoms with Crippen LogP contribution in [-0.4, -0.2) is 43.2 Å². The number of benzene rings is 1. The van der Waals surface area contributed by atoms with Crippen LogP contribution in [0.3, 0.4) is 0 Å². The molecule has 1 heterocycles. The lowest BCUT2D eigenvalue weighted by Gasteiger charge is -2.24. The summed E-state index contributed by atoms with van der Waals surface area (Å²) < 4.78 is 1.68. The Morgan fingerprint density at radius 2 is 2.00 bits per heavy atom. The second kappa shape index (κ2) is 8.24. The van der Waals surface area contributed by atoms with Gasteiger partial charge in [-0.15, -0.1) is 5.10 Å². The van der Waals surface area contributed by atoms with Gasteiger partial charge in [-0.3, -0.25) is 9.59 Å². The number of hydrogen-bond acceptors (Lipinski definition) is 6. The van der Waals surface area contributed by atoms with Crippen LogP contribution in [-0.2, 0) is 9.59 Å². The number of carbonyl (C=O) groups excluding carboxylic acids is 2. The first-order chi connectivity index (χ1) is 11.8. The number of carbonyl (C=O) groups is 2. The number of nitrogens with one attached hydrogen (secondary N) is 1. The van der Waals surface area contributed by atoms with Crippen LogP contribution in [0.1, 0.15) is 39.2 Å². The molecule has 8 heteroatoms. The molecule has 0 aliphatic rings. The van der Waals surface area contributed by atoms with Crippen molar-refractivity contribution < 1.29 is 9.59 Å². The van der Waals surface area contributed by atoms with Crippen molar-refractivity contribution in [2.45, 2.75) is 51.2 Å². The molecule has 7 nitrogen and oxygen atoms in total. The molecule has 134 valence electrons. The van der Waals surface area contributed by atoms with Gasteiger partial charge in [-0.2, -0.15) is 4.68 Å². The first-order valence-electron chi connectivity index (χ1n) is 8.06. The summed E-state index contributed by atoms with van der Waals surface area (Å²) in [5.74, 6) is 0.513. The van der Waals surface area contributed by atoms with Crippen LogP contribution in [0.25, 0.3) is 5.69 Å². The minimum absolute atomic E-state index is 0.0529. The maximum Gasteiger partial charge on any atom is 0.221 e. The van der Waals surface area contributed by atoms with Crippen LogP contribution in [0.4, 0.5) is 0 Å². The van der Waals surface area contributed by atoms with E-state index in [2.05, 4.69) is 20.8 Å². The van der Waals surface area contributed by atoms with Gasteiger partial charge in [-0.05, 0) is 49.8 Å². The van der Waals surface area contributed by atoms with Gasteiger partial charge >= 0.3 is 0 Å². The molecule has 0 saturated heterocycles. The van der Waals surface area contributed by atoms with Crippen molar-refractivity contribution in [2.24, 2.45) is 0 Å². The van der Waals surface area contributed by atoms with Crippen molar-refractivity contribution in [1.82, 2.24) is 25.5 Å². The Hall–Kier alpha value is -2.22. The van der Waals surface area contributed by atoms with E-state index >= 15 is 0 Å². The predicted molar refractivity (Wildman–Crippen MR) is 96.8 cm³/mol. The Kier molecular flexibility index (Phi) is 6.30. The maximum atomic E-state index is 12.1. The van der Waals surface area contributed by atoms with Gasteiger partial charge in [0, 0.05) is 24.1 Å². The minimum Gasteiger partial charge on any atom is -0.351 e. The molecular weight excluding hydrogens is 338 g/mol. The second-order valence-electron chi connectivity index (χ2n) is 6.57. The second-order valence-corrected chi connectivity index (χ2v) is 7.63. The fourth-order valence-corrected chi connectivity index (χ4v) is 3.38. The van der Waals surface area contributed by atoms with Gasteiger partial charge < -0.3 is 5.32 Å². The fourth-order valence-electron chi connectivity index (χ4n) is 2.56. The van der Waals surface area contributed by atoms with Crippen molar-refractivity contribution in [3.63, 3.8) is 0 Å². The predicted octanol–water partition coefficient (Wildman–Crippen LogP) is 2.33. The van der Waals surface area contributed by atoms with Crippen LogP contribution in [0.5, 0.6) is 0 Å². The summed E-state index contributed by atoms with van der Waals surface area (Å²) in [6, 6.07) is 7.84. The van der Waals surface area contributed by atoms with Crippen molar-refractivity contribution in [1.29, 1.82) is 0 Å². The molecule has 2 rings (SSSR count). The third kappa shape index (κ3) is 5.67. The zero-order valence-corrected chi connectivity index (χ0v) is 15.8. The smallest absolute Gasteiger partial charge is 0.221 e. The fraction of sp³-hybridized carbons (Fsp3) is 0.471. The molecule has 0 spiro atoms. The van der Waals surface area contributed by atoms with E-state index in [4.69, 9.17) is 0 Å². The highest BCUT2D eigenvalue weighted by atomic mass is 32.2. The lowest BCUT2D eigenvalue weighted by molar-refractivity contribution is -0.123. The van der Waals surface area contributed by atoms with E-state index < -0.39 is 5.54 Å². The quantitative estimate of drug-likeness (QED) is 0.726. The molecule has 0 atom stereocenters. The number of nitrogens with zero attached hydrogens (tertiary/aromatic N) is 4. The number of rotatable bonds is 8. The number of amides is 1. The van der Waals surface area contributed by atoms with Gasteiger partial charge in [0.15, 0.2) is 0 Å². The monoisotopic (exact) mass is 361 g/mol. The number of Topliss-reactive ketones (excluding diaryl/α,β-unsaturated/α-hetero) is 1. The van der Waals surface area contributed by atoms with Gasteiger partial charge in [0.05, 0.1) is 5.69 Å². The molecule has 1 amide bonds. The summed E-state index contributed by atoms with van der Waals surface area (Å²) >= 11 is 1.42. The molecule has 0 radical (unpaired) electrons. The van der Waals surface area contributed by atoms with Crippen LogP contribution in [0, 0.1) is 6.92 Å². The highest BCUT2D eigenvalue weighted by Crippen LogP contribution is 2.21. The van der Waals surface area contributed by atoms with Crippen LogP contribution in [0.2, 0.25) is 0 Å². The SMILES string of the molecule is CC(=O)CC(C)(C)NC(=O)CCSc1nnnn1-c1ccccc1C.